The number of hydrogen-bond acceptors (Lipinski definition) is 4. The van der Waals surface area contributed by atoms with E-state index in [2.05, 4.69) is 52.5 Å². The van der Waals surface area contributed by atoms with Crippen molar-refractivity contribution < 1.29 is 17.9 Å². The summed E-state index contributed by atoms with van der Waals surface area (Å²) in [5.41, 5.74) is 0.381. The molecule has 0 saturated carbocycles. The van der Waals surface area contributed by atoms with Crippen LogP contribution in [-0.2, 0) is 16.6 Å². The van der Waals surface area contributed by atoms with Crippen LogP contribution in [0.25, 0.3) is 0 Å². The number of aliphatic hydroxyl groups excluding tert-OH is 1. The normalized spacial score (nSPS) is 11.6. The second kappa shape index (κ2) is 6.18. The van der Waals surface area contributed by atoms with E-state index in [1.54, 1.807) is 18.2 Å². The van der Waals surface area contributed by atoms with Crippen molar-refractivity contribution in [3.05, 3.63) is 43.6 Å². The van der Waals surface area contributed by atoms with Crippen LogP contribution in [-0.4, -0.2) is 13.5 Å². The van der Waals surface area contributed by atoms with E-state index < -0.39 is 10.0 Å². The predicted molar refractivity (Wildman–Crippen MR) is 85.0 cm³/mol. The van der Waals surface area contributed by atoms with Gasteiger partial charge in [0.15, 0.2) is 4.67 Å². The lowest BCUT2D eigenvalue weighted by Gasteiger charge is -2.10. The third-order valence-corrected chi connectivity index (χ3v) is 5.88. The average molecular weight is 490 g/mol. The van der Waals surface area contributed by atoms with Gasteiger partial charge < -0.3 is 9.52 Å². The second-order valence-electron chi connectivity index (χ2n) is 3.71. The molecule has 0 unspecified atom stereocenters. The predicted octanol–water partition coefficient (Wildman–Crippen LogP) is 3.86. The highest BCUT2D eigenvalue weighted by molar-refractivity contribution is 9.11. The molecule has 0 saturated heterocycles. The van der Waals surface area contributed by atoms with Gasteiger partial charge in [-0.15, -0.1) is 0 Å². The molecule has 1 aromatic heterocycles. The summed E-state index contributed by atoms with van der Waals surface area (Å²) in [4.78, 5) is -0.0794. The van der Waals surface area contributed by atoms with Crippen molar-refractivity contribution in [2.24, 2.45) is 0 Å². The number of nitrogens with one attached hydrogen (secondary N) is 1. The van der Waals surface area contributed by atoms with Crippen LogP contribution in [0.5, 0.6) is 0 Å². The minimum absolute atomic E-state index is 0.0391. The first-order valence-electron chi connectivity index (χ1n) is 5.21. The van der Waals surface area contributed by atoms with Crippen molar-refractivity contribution in [1.29, 1.82) is 0 Å². The van der Waals surface area contributed by atoms with Crippen LogP contribution < -0.4 is 4.72 Å². The van der Waals surface area contributed by atoms with Gasteiger partial charge in [0.1, 0.15) is 17.3 Å². The smallest absolute Gasteiger partial charge is 0.266 e. The van der Waals surface area contributed by atoms with E-state index >= 15 is 0 Å². The van der Waals surface area contributed by atoms with E-state index in [0.717, 1.165) is 0 Å². The molecule has 0 aliphatic carbocycles. The number of furan rings is 1. The molecule has 9 heteroatoms. The fraction of sp³-hybridized carbons (Fsp3) is 0.0909. The van der Waals surface area contributed by atoms with Gasteiger partial charge in [-0.05, 0) is 59.9 Å². The highest BCUT2D eigenvalue weighted by atomic mass is 79.9. The molecule has 1 heterocycles. The van der Waals surface area contributed by atoms with Crippen molar-refractivity contribution in [3.63, 3.8) is 0 Å². The van der Waals surface area contributed by atoms with E-state index in [4.69, 9.17) is 9.52 Å². The number of benzene rings is 1. The molecule has 0 atom stereocenters. The van der Waals surface area contributed by atoms with E-state index in [9.17, 15) is 8.42 Å². The Morgan fingerprint density at radius 3 is 2.30 bits per heavy atom. The molecule has 0 aliphatic heterocycles. The van der Waals surface area contributed by atoms with Crippen LogP contribution in [0.15, 0.2) is 47.2 Å². The van der Waals surface area contributed by atoms with E-state index in [1.165, 1.54) is 6.07 Å². The molecule has 0 spiro atoms. The fourth-order valence-corrected chi connectivity index (χ4v) is 5.00. The number of rotatable bonds is 4. The van der Waals surface area contributed by atoms with Crippen LogP contribution in [0.3, 0.4) is 0 Å². The van der Waals surface area contributed by atoms with Gasteiger partial charge in [0.05, 0.1) is 5.69 Å². The van der Waals surface area contributed by atoms with Gasteiger partial charge in [0.25, 0.3) is 10.0 Å². The SMILES string of the molecule is O=S(=O)(Nc1c(Br)cccc1Br)c1cc(CO)oc1Br. The number of anilines is 1. The lowest BCUT2D eigenvalue weighted by atomic mass is 10.3. The first-order valence-corrected chi connectivity index (χ1v) is 9.07. The minimum atomic E-state index is -3.84. The Hall–Kier alpha value is -0.350. The topological polar surface area (TPSA) is 79.5 Å². The van der Waals surface area contributed by atoms with Gasteiger partial charge >= 0.3 is 0 Å². The maximum Gasteiger partial charge on any atom is 0.266 e. The summed E-state index contributed by atoms with van der Waals surface area (Å²) in [6, 6.07) is 6.46. The van der Waals surface area contributed by atoms with Gasteiger partial charge in [-0.1, -0.05) is 6.07 Å². The third-order valence-electron chi connectivity index (χ3n) is 2.35. The third kappa shape index (κ3) is 3.28. The first kappa shape index (κ1) is 16.0. The van der Waals surface area contributed by atoms with E-state index in [1.807, 2.05) is 0 Å². The van der Waals surface area contributed by atoms with Crippen molar-refractivity contribution in [2.45, 2.75) is 11.5 Å². The molecule has 2 rings (SSSR count). The van der Waals surface area contributed by atoms with Crippen LogP contribution in [0.4, 0.5) is 5.69 Å². The molecular weight excluding hydrogens is 482 g/mol. The molecule has 2 aromatic rings. The van der Waals surface area contributed by atoms with E-state index in [-0.39, 0.29) is 21.9 Å². The molecular formula is C11H8Br3NO4S. The standard InChI is InChI=1S/C11H8Br3NO4S/c12-7-2-1-3-8(13)10(7)15-20(17,18)9-4-6(5-16)19-11(9)14/h1-4,15-16H,5H2. The van der Waals surface area contributed by atoms with Crippen LogP contribution in [0.1, 0.15) is 5.76 Å². The maximum absolute atomic E-state index is 12.3. The molecule has 108 valence electrons. The lowest BCUT2D eigenvalue weighted by Crippen LogP contribution is -2.13. The largest absolute Gasteiger partial charge is 0.450 e. The zero-order chi connectivity index (χ0) is 14.9. The van der Waals surface area contributed by atoms with Crippen molar-refractivity contribution in [2.75, 3.05) is 4.72 Å². The Morgan fingerprint density at radius 1 is 1.20 bits per heavy atom. The average Bonchev–Trinajstić information content (AvgIpc) is 2.76. The number of sulfonamides is 1. The molecule has 0 aliphatic rings. The Bertz CT molecular complexity index is 722. The quantitative estimate of drug-likeness (QED) is 0.683. The zero-order valence-electron chi connectivity index (χ0n) is 9.73. The molecule has 20 heavy (non-hydrogen) atoms. The monoisotopic (exact) mass is 487 g/mol. The molecule has 1 aromatic carbocycles. The van der Waals surface area contributed by atoms with Gasteiger partial charge in [-0.2, -0.15) is 0 Å². The fourth-order valence-electron chi connectivity index (χ4n) is 1.44. The molecule has 0 bridgehead atoms. The van der Waals surface area contributed by atoms with Crippen molar-refractivity contribution in [1.82, 2.24) is 0 Å². The van der Waals surface area contributed by atoms with Crippen molar-refractivity contribution >= 4 is 63.5 Å². The highest BCUT2D eigenvalue weighted by Gasteiger charge is 2.24. The first-order chi connectivity index (χ1) is 9.35. The molecule has 0 amide bonds. The number of para-hydroxylation sites is 1. The Kier molecular flexibility index (Phi) is 4.96. The summed E-state index contributed by atoms with van der Waals surface area (Å²) in [7, 11) is -3.84. The van der Waals surface area contributed by atoms with Gasteiger partial charge in [-0.25, -0.2) is 8.42 Å². The van der Waals surface area contributed by atoms with Gasteiger partial charge in [-0.3, -0.25) is 4.72 Å². The summed E-state index contributed by atoms with van der Waals surface area (Å²) >= 11 is 9.58. The molecule has 2 N–H and O–H groups in total. The number of aliphatic hydroxyl groups is 1. The summed E-state index contributed by atoms with van der Waals surface area (Å²) in [6.07, 6.45) is 0. The minimum Gasteiger partial charge on any atom is -0.450 e. The highest BCUT2D eigenvalue weighted by Crippen LogP contribution is 2.34. The summed E-state index contributed by atoms with van der Waals surface area (Å²) in [5.74, 6) is 0.156. The van der Waals surface area contributed by atoms with Crippen LogP contribution in [0.2, 0.25) is 0 Å². The van der Waals surface area contributed by atoms with E-state index in [0.29, 0.717) is 14.6 Å². The molecule has 0 fully saturated rings. The van der Waals surface area contributed by atoms with Crippen molar-refractivity contribution in [3.8, 4) is 0 Å². The zero-order valence-corrected chi connectivity index (χ0v) is 15.3. The molecule has 0 radical (unpaired) electrons. The summed E-state index contributed by atoms with van der Waals surface area (Å²) in [6.45, 7) is -0.382. The number of hydrogen-bond donors (Lipinski definition) is 2. The van der Waals surface area contributed by atoms with Crippen LogP contribution >= 0.6 is 47.8 Å². The second-order valence-corrected chi connectivity index (χ2v) is 7.79. The summed E-state index contributed by atoms with van der Waals surface area (Å²) < 4.78 is 33.4. The van der Waals surface area contributed by atoms with Crippen LogP contribution in [0, 0.1) is 0 Å². The maximum atomic E-state index is 12.3. The Balaban J connectivity index is 2.43. The van der Waals surface area contributed by atoms with Gasteiger partial charge in [0.2, 0.25) is 0 Å². The van der Waals surface area contributed by atoms with Gasteiger partial charge in [0, 0.05) is 15.0 Å². The number of halogens is 3. The Morgan fingerprint density at radius 2 is 1.80 bits per heavy atom. The Labute approximate surface area is 140 Å². The summed E-state index contributed by atoms with van der Waals surface area (Å²) in [5, 5.41) is 8.97. The lowest BCUT2D eigenvalue weighted by molar-refractivity contribution is 0.245. The molecule has 5 nitrogen and oxygen atoms in total.